The fourth-order valence-corrected chi connectivity index (χ4v) is 3.81. The summed E-state index contributed by atoms with van der Waals surface area (Å²) in [6.45, 7) is 0. The number of hydrogen-bond acceptors (Lipinski definition) is 3. The minimum absolute atomic E-state index is 0.158. The zero-order chi connectivity index (χ0) is 17.9. The lowest BCUT2D eigenvalue weighted by Gasteiger charge is -2.04. The Labute approximate surface area is 160 Å². The fourth-order valence-electron chi connectivity index (χ4n) is 2.78. The molecule has 1 N–H and O–H groups in total. The minimum Gasteiger partial charge on any atom is -0.298 e. The number of anilines is 1. The lowest BCUT2D eigenvalue weighted by atomic mass is 10.1. The van der Waals surface area contributed by atoms with Gasteiger partial charge in [-0.05, 0) is 34.5 Å². The first-order chi connectivity index (χ1) is 12.7. The van der Waals surface area contributed by atoms with E-state index in [4.69, 9.17) is 11.6 Å². The van der Waals surface area contributed by atoms with Crippen molar-refractivity contribution in [3.63, 3.8) is 0 Å². The molecule has 5 heteroatoms. The van der Waals surface area contributed by atoms with Crippen LogP contribution in [-0.2, 0) is 6.42 Å². The zero-order valence-corrected chi connectivity index (χ0v) is 15.3. The summed E-state index contributed by atoms with van der Waals surface area (Å²) < 4.78 is 0. The van der Waals surface area contributed by atoms with E-state index >= 15 is 0 Å². The average molecular weight is 379 g/mol. The summed E-state index contributed by atoms with van der Waals surface area (Å²) in [5.74, 6) is -0.158. The molecule has 4 aromatic rings. The van der Waals surface area contributed by atoms with Crippen molar-refractivity contribution in [1.29, 1.82) is 0 Å². The van der Waals surface area contributed by atoms with Gasteiger partial charge in [0, 0.05) is 28.1 Å². The Morgan fingerprint density at radius 3 is 2.62 bits per heavy atom. The summed E-state index contributed by atoms with van der Waals surface area (Å²) in [7, 11) is 0. The molecule has 0 spiro atoms. The maximum absolute atomic E-state index is 12.5. The number of benzene rings is 3. The Kier molecular flexibility index (Phi) is 4.69. The van der Waals surface area contributed by atoms with Crippen LogP contribution in [0.15, 0.2) is 72.9 Å². The normalized spacial score (nSPS) is 10.8. The average Bonchev–Trinajstić information content (AvgIpc) is 3.10. The number of rotatable bonds is 4. The summed E-state index contributed by atoms with van der Waals surface area (Å²) in [6, 6.07) is 21.4. The summed E-state index contributed by atoms with van der Waals surface area (Å²) in [5, 5.41) is 6.36. The maximum Gasteiger partial charge on any atom is 0.257 e. The van der Waals surface area contributed by atoms with Gasteiger partial charge in [-0.3, -0.25) is 10.1 Å². The number of amides is 1. The number of hydrogen-bond donors (Lipinski definition) is 1. The molecule has 4 rings (SSSR count). The number of aromatic nitrogens is 1. The molecule has 26 heavy (non-hydrogen) atoms. The van der Waals surface area contributed by atoms with E-state index in [0.717, 1.165) is 26.2 Å². The van der Waals surface area contributed by atoms with E-state index in [1.54, 1.807) is 6.20 Å². The number of nitrogens with zero attached hydrogens (tertiary/aromatic N) is 1. The molecule has 3 aromatic carbocycles. The molecule has 1 aromatic heterocycles. The van der Waals surface area contributed by atoms with Crippen molar-refractivity contribution in [3.05, 3.63) is 94.0 Å². The summed E-state index contributed by atoms with van der Waals surface area (Å²) in [5.41, 5.74) is 1.66. The Hall–Kier alpha value is -2.69. The van der Waals surface area contributed by atoms with Crippen LogP contribution in [0.25, 0.3) is 10.8 Å². The second kappa shape index (κ2) is 7.28. The van der Waals surface area contributed by atoms with Crippen molar-refractivity contribution in [1.82, 2.24) is 4.98 Å². The SMILES string of the molecule is O=C(Nc1ncc(Cc2ccccc2Cl)s1)c1ccc2ccccc2c1. The van der Waals surface area contributed by atoms with Gasteiger partial charge in [0.15, 0.2) is 5.13 Å². The molecule has 0 fully saturated rings. The van der Waals surface area contributed by atoms with Crippen molar-refractivity contribution in [2.45, 2.75) is 6.42 Å². The van der Waals surface area contributed by atoms with Crippen molar-refractivity contribution in [3.8, 4) is 0 Å². The molecule has 0 saturated heterocycles. The maximum atomic E-state index is 12.5. The lowest BCUT2D eigenvalue weighted by molar-refractivity contribution is 0.102. The van der Waals surface area contributed by atoms with Gasteiger partial charge in [-0.15, -0.1) is 11.3 Å². The standard InChI is InChI=1S/C21H15ClN2OS/c22-19-8-4-3-7-16(19)12-18-13-23-21(26-18)24-20(25)17-10-9-14-5-1-2-6-15(14)11-17/h1-11,13H,12H2,(H,23,24,25). The summed E-state index contributed by atoms with van der Waals surface area (Å²) in [6.07, 6.45) is 2.48. The van der Waals surface area contributed by atoms with Gasteiger partial charge in [-0.25, -0.2) is 4.98 Å². The van der Waals surface area contributed by atoms with Crippen LogP contribution in [0.3, 0.4) is 0 Å². The first kappa shape index (κ1) is 16.8. The van der Waals surface area contributed by atoms with Crippen molar-refractivity contribution in [2.75, 3.05) is 5.32 Å². The third-order valence-corrected chi connectivity index (χ3v) is 5.39. The highest BCUT2D eigenvalue weighted by atomic mass is 35.5. The molecule has 0 aliphatic heterocycles. The largest absolute Gasteiger partial charge is 0.298 e. The molecule has 1 heterocycles. The van der Waals surface area contributed by atoms with E-state index in [2.05, 4.69) is 10.3 Å². The van der Waals surface area contributed by atoms with Gasteiger partial charge in [0.25, 0.3) is 5.91 Å². The number of carbonyl (C=O) groups is 1. The molecule has 0 radical (unpaired) electrons. The van der Waals surface area contributed by atoms with Crippen molar-refractivity contribution >= 4 is 44.7 Å². The highest BCUT2D eigenvalue weighted by Crippen LogP contribution is 2.25. The molecule has 0 saturated carbocycles. The number of fused-ring (bicyclic) bond motifs is 1. The molecule has 1 amide bonds. The Bertz CT molecular complexity index is 1090. The monoisotopic (exact) mass is 378 g/mol. The predicted octanol–water partition coefficient (Wildman–Crippen LogP) is 5.79. The van der Waals surface area contributed by atoms with E-state index in [1.165, 1.54) is 11.3 Å². The highest BCUT2D eigenvalue weighted by molar-refractivity contribution is 7.15. The first-order valence-electron chi connectivity index (χ1n) is 8.17. The molecular formula is C21H15ClN2OS. The van der Waals surface area contributed by atoms with Crippen LogP contribution >= 0.6 is 22.9 Å². The van der Waals surface area contributed by atoms with Crippen molar-refractivity contribution in [2.24, 2.45) is 0 Å². The van der Waals surface area contributed by atoms with E-state index in [0.29, 0.717) is 17.1 Å². The Balaban J connectivity index is 1.49. The van der Waals surface area contributed by atoms with Crippen LogP contribution in [-0.4, -0.2) is 10.9 Å². The molecule has 0 unspecified atom stereocenters. The van der Waals surface area contributed by atoms with Crippen molar-refractivity contribution < 1.29 is 4.79 Å². The quantitative estimate of drug-likeness (QED) is 0.488. The molecule has 0 atom stereocenters. The molecule has 0 aliphatic carbocycles. The number of carbonyl (C=O) groups excluding carboxylic acids is 1. The zero-order valence-electron chi connectivity index (χ0n) is 13.8. The third-order valence-electron chi connectivity index (χ3n) is 4.11. The first-order valence-corrected chi connectivity index (χ1v) is 9.37. The van der Waals surface area contributed by atoms with Gasteiger partial charge in [0.1, 0.15) is 0 Å². The van der Waals surface area contributed by atoms with E-state index in [-0.39, 0.29) is 5.91 Å². The molecule has 3 nitrogen and oxygen atoms in total. The topological polar surface area (TPSA) is 42.0 Å². The van der Waals surface area contributed by atoms with Crippen LogP contribution in [0, 0.1) is 0 Å². The van der Waals surface area contributed by atoms with Gasteiger partial charge in [-0.1, -0.05) is 60.1 Å². The van der Waals surface area contributed by atoms with E-state index < -0.39 is 0 Å². The number of nitrogens with one attached hydrogen (secondary N) is 1. The summed E-state index contributed by atoms with van der Waals surface area (Å²) in [4.78, 5) is 17.9. The lowest BCUT2D eigenvalue weighted by Crippen LogP contribution is -2.11. The molecular weight excluding hydrogens is 364 g/mol. The van der Waals surface area contributed by atoms with Crippen LogP contribution in [0.2, 0.25) is 5.02 Å². The Morgan fingerprint density at radius 1 is 1.00 bits per heavy atom. The van der Waals surface area contributed by atoms with E-state index in [1.807, 2.05) is 66.7 Å². The second-order valence-electron chi connectivity index (χ2n) is 5.92. The smallest absolute Gasteiger partial charge is 0.257 e. The van der Waals surface area contributed by atoms with Gasteiger partial charge >= 0.3 is 0 Å². The van der Waals surface area contributed by atoms with Gasteiger partial charge in [0.05, 0.1) is 0 Å². The highest BCUT2D eigenvalue weighted by Gasteiger charge is 2.11. The van der Waals surface area contributed by atoms with Crippen LogP contribution < -0.4 is 5.32 Å². The molecule has 128 valence electrons. The number of halogens is 1. The van der Waals surface area contributed by atoms with Crippen LogP contribution in [0.5, 0.6) is 0 Å². The number of thiazole rings is 1. The van der Waals surface area contributed by atoms with Gasteiger partial charge in [0.2, 0.25) is 0 Å². The third kappa shape index (κ3) is 3.62. The van der Waals surface area contributed by atoms with Gasteiger partial charge in [-0.2, -0.15) is 0 Å². The second-order valence-corrected chi connectivity index (χ2v) is 7.44. The molecule has 0 aliphatic rings. The minimum atomic E-state index is -0.158. The van der Waals surface area contributed by atoms with Gasteiger partial charge < -0.3 is 0 Å². The Morgan fingerprint density at radius 2 is 1.77 bits per heavy atom. The fraction of sp³-hybridized carbons (Fsp3) is 0.0476. The van der Waals surface area contributed by atoms with Crippen LogP contribution in [0.4, 0.5) is 5.13 Å². The summed E-state index contributed by atoms with van der Waals surface area (Å²) >= 11 is 7.67. The molecule has 0 bridgehead atoms. The van der Waals surface area contributed by atoms with E-state index in [9.17, 15) is 4.79 Å². The van der Waals surface area contributed by atoms with Crippen LogP contribution in [0.1, 0.15) is 20.8 Å². The predicted molar refractivity (Wildman–Crippen MR) is 108 cm³/mol.